The van der Waals surface area contributed by atoms with E-state index in [0.29, 0.717) is 33.4 Å². The lowest BCUT2D eigenvalue weighted by molar-refractivity contribution is -0.128. The van der Waals surface area contributed by atoms with Gasteiger partial charge in [-0.25, -0.2) is 13.6 Å². The number of hydrogen-bond acceptors (Lipinski definition) is 3. The molecule has 1 fully saturated rings. The molecule has 0 bridgehead atoms. The van der Waals surface area contributed by atoms with E-state index in [4.69, 9.17) is 4.74 Å². The Labute approximate surface area is 195 Å². The monoisotopic (exact) mass is 456 g/mol. The lowest BCUT2D eigenvalue weighted by Crippen LogP contribution is -2.07. The molecule has 1 aliphatic carbocycles. The van der Waals surface area contributed by atoms with Crippen molar-refractivity contribution in [2.45, 2.75) is 19.8 Å². The second-order valence-electron chi connectivity index (χ2n) is 8.40. The van der Waals surface area contributed by atoms with Gasteiger partial charge < -0.3 is 4.74 Å². The fraction of sp³-hybridized carbons (Fsp3) is 0.143. The highest BCUT2D eigenvalue weighted by molar-refractivity contribution is 6.03. The first-order valence-electron chi connectivity index (χ1n) is 11.0. The van der Waals surface area contributed by atoms with Crippen LogP contribution >= 0.6 is 0 Å². The number of fused-ring (bicyclic) bond motifs is 1. The third-order valence-corrected chi connectivity index (χ3v) is 6.09. The summed E-state index contributed by atoms with van der Waals surface area (Å²) in [4.78, 5) is 12.1. The van der Waals surface area contributed by atoms with Gasteiger partial charge in [-0.3, -0.25) is 5.10 Å². The predicted molar refractivity (Wildman–Crippen MR) is 128 cm³/mol. The molecule has 170 valence electrons. The van der Waals surface area contributed by atoms with Gasteiger partial charge in [0, 0.05) is 17.2 Å². The number of para-hydroxylation sites is 1. The zero-order valence-corrected chi connectivity index (χ0v) is 18.6. The summed E-state index contributed by atoms with van der Waals surface area (Å²) in [7, 11) is 0. The number of carbonyl (C=O) groups is 1. The van der Waals surface area contributed by atoms with Crippen molar-refractivity contribution in [1.29, 1.82) is 0 Å². The van der Waals surface area contributed by atoms with E-state index >= 15 is 4.39 Å². The second-order valence-corrected chi connectivity index (χ2v) is 8.40. The number of halogens is 2. The van der Waals surface area contributed by atoms with E-state index in [2.05, 4.69) is 16.8 Å². The van der Waals surface area contributed by atoms with Crippen LogP contribution in [0, 0.1) is 24.5 Å². The zero-order chi connectivity index (χ0) is 23.8. The quantitative estimate of drug-likeness (QED) is 0.154. The van der Waals surface area contributed by atoms with Crippen LogP contribution in [-0.2, 0) is 4.79 Å². The van der Waals surface area contributed by atoms with Gasteiger partial charge in [0.2, 0.25) is 0 Å². The maximum atomic E-state index is 15.9. The number of rotatable bonds is 6. The van der Waals surface area contributed by atoms with Crippen molar-refractivity contribution in [2.75, 3.05) is 0 Å². The Morgan fingerprint density at radius 3 is 2.59 bits per heavy atom. The molecule has 0 atom stereocenters. The van der Waals surface area contributed by atoms with Crippen LogP contribution in [0.2, 0.25) is 0 Å². The van der Waals surface area contributed by atoms with E-state index in [9.17, 15) is 9.18 Å². The number of allylic oxidation sites excluding steroid dienone is 1. The highest BCUT2D eigenvalue weighted by Crippen LogP contribution is 2.50. The van der Waals surface area contributed by atoms with E-state index in [0.717, 1.165) is 35.6 Å². The van der Waals surface area contributed by atoms with Crippen LogP contribution in [0.5, 0.6) is 5.75 Å². The van der Waals surface area contributed by atoms with Crippen LogP contribution in [0.3, 0.4) is 0 Å². The average Bonchev–Trinajstić information content (AvgIpc) is 3.55. The van der Waals surface area contributed by atoms with Crippen LogP contribution < -0.4 is 4.74 Å². The van der Waals surface area contributed by atoms with E-state index in [1.807, 2.05) is 13.0 Å². The minimum absolute atomic E-state index is 0.168. The predicted octanol–water partition coefficient (Wildman–Crippen LogP) is 6.61. The Bertz CT molecular complexity index is 1460. The molecule has 0 spiro atoms. The molecule has 1 aliphatic rings. The summed E-state index contributed by atoms with van der Waals surface area (Å²) in [6.45, 7) is 5.33. The summed E-state index contributed by atoms with van der Waals surface area (Å²) in [6.07, 6.45) is 4.40. The van der Waals surface area contributed by atoms with Gasteiger partial charge in [-0.2, -0.15) is 5.10 Å². The lowest BCUT2D eigenvalue weighted by atomic mass is 9.84. The molecule has 1 heterocycles. The second kappa shape index (κ2) is 8.71. The first kappa shape index (κ1) is 21.8. The van der Waals surface area contributed by atoms with Gasteiger partial charge in [0.15, 0.2) is 0 Å². The molecule has 3 aromatic carbocycles. The minimum Gasteiger partial charge on any atom is -0.423 e. The number of benzene rings is 3. The molecule has 34 heavy (non-hydrogen) atoms. The maximum Gasteiger partial charge on any atom is 0.335 e. The number of carbonyl (C=O) groups excluding carboxylic acids is 1. The first-order chi connectivity index (χ1) is 16.5. The number of nitrogens with zero attached hydrogens (tertiary/aromatic N) is 1. The van der Waals surface area contributed by atoms with E-state index in [1.165, 1.54) is 18.3 Å². The van der Waals surface area contributed by atoms with Crippen LogP contribution in [-0.4, -0.2) is 16.2 Å². The first-order valence-corrected chi connectivity index (χ1v) is 11.0. The topological polar surface area (TPSA) is 55.0 Å². The number of H-pyrrole nitrogens is 1. The zero-order valence-electron chi connectivity index (χ0n) is 18.6. The Balaban J connectivity index is 1.87. The summed E-state index contributed by atoms with van der Waals surface area (Å²) in [5, 5.41) is 7.13. The van der Waals surface area contributed by atoms with Gasteiger partial charge in [0.05, 0.1) is 17.1 Å². The molecule has 5 rings (SSSR count). The SMILES string of the molecule is C=CC(=O)Oc1ccccc1/C(=C(\c1ccc(F)cc1C)C1CC1)c1ccc2[nH]ncc2c1F. The van der Waals surface area contributed by atoms with Crippen molar-refractivity contribution in [2.24, 2.45) is 5.92 Å². The van der Waals surface area contributed by atoms with Gasteiger partial charge >= 0.3 is 5.97 Å². The number of nitrogens with one attached hydrogen (secondary N) is 1. The number of aryl methyl sites for hydroxylation is 1. The van der Waals surface area contributed by atoms with Crippen LogP contribution in [0.1, 0.15) is 35.1 Å². The molecule has 0 amide bonds. The molecule has 1 aromatic heterocycles. The van der Waals surface area contributed by atoms with Gasteiger partial charge in [-0.05, 0) is 78.3 Å². The largest absolute Gasteiger partial charge is 0.423 e. The molecular weight excluding hydrogens is 434 g/mol. The number of aromatic amines is 1. The van der Waals surface area contributed by atoms with Crippen molar-refractivity contribution in [3.63, 3.8) is 0 Å². The minimum atomic E-state index is -0.608. The van der Waals surface area contributed by atoms with Crippen molar-refractivity contribution in [1.82, 2.24) is 10.2 Å². The van der Waals surface area contributed by atoms with Crippen LogP contribution in [0.25, 0.3) is 22.0 Å². The summed E-state index contributed by atoms with van der Waals surface area (Å²) in [5.41, 5.74) is 4.64. The molecule has 0 saturated heterocycles. The Morgan fingerprint density at radius 1 is 1.09 bits per heavy atom. The molecule has 1 saturated carbocycles. The maximum absolute atomic E-state index is 15.9. The normalized spacial score (nSPS) is 14.1. The third-order valence-electron chi connectivity index (χ3n) is 6.09. The van der Waals surface area contributed by atoms with E-state index < -0.39 is 11.8 Å². The standard InChI is InChI=1S/C28H22F2N2O2/c1-3-25(33)34-24-7-5-4-6-20(24)27(21-12-13-23-22(28(21)30)15-31-32-23)26(17-8-9-17)19-11-10-18(29)14-16(19)2/h3-7,10-15,17H,1,8-9H2,2H3,(H,31,32)/b27-26+. The van der Waals surface area contributed by atoms with Crippen molar-refractivity contribution >= 4 is 28.0 Å². The smallest absolute Gasteiger partial charge is 0.335 e. The van der Waals surface area contributed by atoms with Crippen molar-refractivity contribution in [3.05, 3.63) is 107 Å². The molecule has 6 heteroatoms. The number of hydrogen-bond donors (Lipinski definition) is 1. The summed E-state index contributed by atoms with van der Waals surface area (Å²) < 4.78 is 35.5. The molecule has 0 radical (unpaired) electrons. The molecule has 0 aliphatic heterocycles. The molecular formula is C28H22F2N2O2. The highest BCUT2D eigenvalue weighted by atomic mass is 19.1. The summed E-state index contributed by atoms with van der Waals surface area (Å²) in [6, 6.07) is 15.2. The highest BCUT2D eigenvalue weighted by Gasteiger charge is 2.33. The fourth-order valence-electron chi connectivity index (χ4n) is 4.38. The third kappa shape index (κ3) is 3.92. The molecule has 1 N–H and O–H groups in total. The van der Waals surface area contributed by atoms with Gasteiger partial charge in [-0.15, -0.1) is 0 Å². The Morgan fingerprint density at radius 2 is 1.85 bits per heavy atom. The van der Waals surface area contributed by atoms with E-state index in [1.54, 1.807) is 36.4 Å². The average molecular weight is 456 g/mol. The van der Waals surface area contributed by atoms with Crippen LogP contribution in [0.15, 0.2) is 73.4 Å². The number of ether oxygens (including phenoxy) is 1. The number of esters is 1. The molecule has 0 unspecified atom stereocenters. The fourth-order valence-corrected chi connectivity index (χ4v) is 4.38. The Hall–Kier alpha value is -4.06. The van der Waals surface area contributed by atoms with Gasteiger partial charge in [0.1, 0.15) is 17.4 Å². The van der Waals surface area contributed by atoms with Crippen molar-refractivity contribution in [3.8, 4) is 5.75 Å². The van der Waals surface area contributed by atoms with Crippen molar-refractivity contribution < 1.29 is 18.3 Å². The molecule has 4 nitrogen and oxygen atoms in total. The summed E-state index contributed by atoms with van der Waals surface area (Å²) >= 11 is 0. The summed E-state index contributed by atoms with van der Waals surface area (Å²) in [5.74, 6) is -0.898. The van der Waals surface area contributed by atoms with E-state index in [-0.39, 0.29) is 11.7 Å². The van der Waals surface area contributed by atoms with Crippen LogP contribution in [0.4, 0.5) is 8.78 Å². The Kier molecular flexibility index (Phi) is 5.57. The van der Waals surface area contributed by atoms with Gasteiger partial charge in [0.25, 0.3) is 0 Å². The van der Waals surface area contributed by atoms with Gasteiger partial charge in [-0.1, -0.05) is 30.8 Å². The lowest BCUT2D eigenvalue weighted by Gasteiger charge is -2.21. The molecule has 4 aromatic rings. The number of aromatic nitrogens is 2.